The molecule has 2 aromatic carbocycles. The van der Waals surface area contributed by atoms with Gasteiger partial charge in [-0.05, 0) is 49.9 Å². The number of hydrogen-bond donors (Lipinski definition) is 1. The fourth-order valence-corrected chi connectivity index (χ4v) is 5.64. The van der Waals surface area contributed by atoms with Crippen LogP contribution in [-0.4, -0.2) is 55.8 Å². The van der Waals surface area contributed by atoms with Crippen LogP contribution in [0, 0.1) is 6.92 Å². The number of aliphatic hydroxyl groups is 1. The molecule has 3 aliphatic heterocycles. The van der Waals surface area contributed by atoms with Crippen LogP contribution in [-0.2, 0) is 0 Å². The van der Waals surface area contributed by atoms with Crippen molar-refractivity contribution in [2.75, 3.05) is 49.6 Å². The summed E-state index contributed by atoms with van der Waals surface area (Å²) in [4.78, 5) is 7.75. The third-order valence-corrected chi connectivity index (χ3v) is 7.29. The Bertz CT molecular complexity index is 865. The van der Waals surface area contributed by atoms with E-state index in [2.05, 4.69) is 71.1 Å². The van der Waals surface area contributed by atoms with Crippen LogP contribution in [0.2, 0.25) is 0 Å². The Morgan fingerprint density at radius 3 is 2.72 bits per heavy atom. The summed E-state index contributed by atoms with van der Waals surface area (Å²) >= 11 is 0. The molecule has 0 amide bonds. The highest BCUT2D eigenvalue weighted by Crippen LogP contribution is 2.50. The van der Waals surface area contributed by atoms with Gasteiger partial charge in [0.15, 0.2) is 0 Å². The molecule has 0 spiro atoms. The summed E-state index contributed by atoms with van der Waals surface area (Å²) in [6.45, 7) is 7.79. The van der Waals surface area contributed by atoms with Crippen LogP contribution in [0.3, 0.4) is 0 Å². The van der Waals surface area contributed by atoms with E-state index >= 15 is 0 Å². The zero-order valence-electron chi connectivity index (χ0n) is 17.7. The summed E-state index contributed by atoms with van der Waals surface area (Å²) in [7, 11) is 2.22. The number of rotatable bonds is 5. The number of para-hydroxylation sites is 1. The van der Waals surface area contributed by atoms with Crippen molar-refractivity contribution in [3.8, 4) is 0 Å². The second-order valence-corrected chi connectivity index (χ2v) is 9.16. The van der Waals surface area contributed by atoms with Crippen molar-refractivity contribution in [1.82, 2.24) is 4.90 Å². The van der Waals surface area contributed by atoms with Gasteiger partial charge in [0.1, 0.15) is 0 Å². The van der Waals surface area contributed by atoms with Gasteiger partial charge in [0.05, 0.1) is 17.5 Å². The predicted molar refractivity (Wildman–Crippen MR) is 120 cm³/mol. The third-order valence-electron chi connectivity index (χ3n) is 7.29. The van der Waals surface area contributed by atoms with E-state index in [1.807, 2.05) is 0 Å². The number of nitrogens with zero attached hydrogens (tertiary/aromatic N) is 3. The maximum Gasteiger partial charge on any atom is 0.0790 e. The lowest BCUT2D eigenvalue weighted by Gasteiger charge is -2.41. The van der Waals surface area contributed by atoms with E-state index < -0.39 is 0 Å². The van der Waals surface area contributed by atoms with Crippen molar-refractivity contribution in [2.24, 2.45) is 0 Å². The van der Waals surface area contributed by atoms with Crippen molar-refractivity contribution >= 4 is 11.4 Å². The first-order valence-electron chi connectivity index (χ1n) is 11.2. The van der Waals surface area contributed by atoms with Gasteiger partial charge in [0, 0.05) is 45.2 Å². The summed E-state index contributed by atoms with van der Waals surface area (Å²) in [5.41, 5.74) is 6.77. The molecule has 4 nitrogen and oxygen atoms in total. The molecule has 0 saturated carbocycles. The molecule has 2 aromatic rings. The average molecular weight is 392 g/mol. The minimum absolute atomic E-state index is 0.344. The maximum atomic E-state index is 10.5. The SMILES string of the molecule is Cc1ccc([C@@H](O)CCCN2CC[C@H]3[C@@H](C2)c2cccc4c2N3CCN4C)cc1. The van der Waals surface area contributed by atoms with E-state index in [4.69, 9.17) is 0 Å². The molecule has 0 aromatic heterocycles. The molecule has 0 radical (unpaired) electrons. The van der Waals surface area contributed by atoms with Gasteiger partial charge in [-0.3, -0.25) is 0 Å². The van der Waals surface area contributed by atoms with Crippen LogP contribution in [0.25, 0.3) is 0 Å². The van der Waals surface area contributed by atoms with Crippen LogP contribution >= 0.6 is 0 Å². The van der Waals surface area contributed by atoms with Crippen molar-refractivity contribution in [3.05, 3.63) is 59.2 Å². The van der Waals surface area contributed by atoms with E-state index in [9.17, 15) is 5.11 Å². The lowest BCUT2D eigenvalue weighted by molar-refractivity contribution is 0.144. The molecule has 29 heavy (non-hydrogen) atoms. The normalized spacial score (nSPS) is 24.4. The number of hydrogen-bond acceptors (Lipinski definition) is 4. The number of likely N-dealkylation sites (N-methyl/N-ethyl adjacent to an activating group) is 1. The molecule has 1 N–H and O–H groups in total. The van der Waals surface area contributed by atoms with Gasteiger partial charge < -0.3 is 19.8 Å². The smallest absolute Gasteiger partial charge is 0.0790 e. The zero-order chi connectivity index (χ0) is 20.0. The first kappa shape index (κ1) is 19.0. The summed E-state index contributed by atoms with van der Waals surface area (Å²) in [5, 5.41) is 10.5. The fraction of sp³-hybridized carbons (Fsp3) is 0.520. The summed E-state index contributed by atoms with van der Waals surface area (Å²) in [6.07, 6.45) is 2.79. The Labute approximate surface area is 174 Å². The quantitative estimate of drug-likeness (QED) is 0.836. The van der Waals surface area contributed by atoms with Gasteiger partial charge in [-0.2, -0.15) is 0 Å². The summed E-state index contributed by atoms with van der Waals surface area (Å²) < 4.78 is 0. The summed E-state index contributed by atoms with van der Waals surface area (Å²) in [6, 6.07) is 15.9. The highest BCUT2D eigenvalue weighted by molar-refractivity contribution is 5.80. The van der Waals surface area contributed by atoms with Gasteiger partial charge in [-0.25, -0.2) is 0 Å². The van der Waals surface area contributed by atoms with E-state index in [1.165, 1.54) is 29.9 Å². The Morgan fingerprint density at radius 2 is 1.90 bits per heavy atom. The molecule has 0 unspecified atom stereocenters. The Morgan fingerprint density at radius 1 is 1.07 bits per heavy atom. The maximum absolute atomic E-state index is 10.5. The van der Waals surface area contributed by atoms with Crippen LogP contribution < -0.4 is 9.80 Å². The van der Waals surface area contributed by atoms with Gasteiger partial charge in [-0.15, -0.1) is 0 Å². The number of benzene rings is 2. The highest BCUT2D eigenvalue weighted by Gasteiger charge is 2.44. The van der Waals surface area contributed by atoms with Crippen LogP contribution in [0.15, 0.2) is 42.5 Å². The molecule has 0 aliphatic carbocycles. The number of likely N-dealkylation sites (tertiary alicyclic amines) is 1. The highest BCUT2D eigenvalue weighted by atomic mass is 16.3. The van der Waals surface area contributed by atoms with E-state index in [0.29, 0.717) is 12.0 Å². The largest absolute Gasteiger partial charge is 0.388 e. The van der Waals surface area contributed by atoms with Gasteiger partial charge in [0.2, 0.25) is 0 Å². The summed E-state index contributed by atoms with van der Waals surface area (Å²) in [5.74, 6) is 0.632. The van der Waals surface area contributed by atoms with Gasteiger partial charge in [0.25, 0.3) is 0 Å². The predicted octanol–water partition coefficient (Wildman–Crippen LogP) is 3.94. The molecule has 3 atom stereocenters. The lowest BCUT2D eigenvalue weighted by Crippen LogP contribution is -2.49. The standard InChI is InChI=1S/C25H33N3O/c1-18-8-10-19(11-9-18)24(29)7-4-13-27-14-12-22-21(17-27)20-5-3-6-23-25(20)28(22)16-15-26(23)2/h3,5-6,8-11,21-22,24,29H,4,7,12-17H2,1-2H3/t21-,22-,24-/m0/s1. The molecular formula is C25H33N3O. The second-order valence-electron chi connectivity index (χ2n) is 9.16. The number of aliphatic hydroxyl groups excluding tert-OH is 1. The van der Waals surface area contributed by atoms with Gasteiger partial charge >= 0.3 is 0 Å². The third kappa shape index (κ3) is 3.43. The monoisotopic (exact) mass is 391 g/mol. The van der Waals surface area contributed by atoms with Crippen molar-refractivity contribution in [3.63, 3.8) is 0 Å². The fourth-order valence-electron chi connectivity index (χ4n) is 5.64. The lowest BCUT2D eigenvalue weighted by atomic mass is 9.89. The van der Waals surface area contributed by atoms with Crippen molar-refractivity contribution in [1.29, 1.82) is 0 Å². The molecule has 1 fully saturated rings. The van der Waals surface area contributed by atoms with Crippen LogP contribution in [0.5, 0.6) is 0 Å². The molecule has 154 valence electrons. The Kier molecular flexibility index (Phi) is 5.00. The average Bonchev–Trinajstić information content (AvgIpc) is 3.06. The molecule has 3 heterocycles. The molecule has 5 rings (SSSR count). The molecule has 1 saturated heterocycles. The number of fused-ring (bicyclic) bond motifs is 3. The zero-order valence-corrected chi connectivity index (χ0v) is 17.7. The topological polar surface area (TPSA) is 30.0 Å². The molecule has 3 aliphatic rings. The number of anilines is 2. The number of piperidine rings is 1. The van der Waals surface area contributed by atoms with Crippen molar-refractivity contribution in [2.45, 2.75) is 44.2 Å². The number of aryl methyl sites for hydroxylation is 1. The van der Waals surface area contributed by atoms with Crippen molar-refractivity contribution < 1.29 is 5.11 Å². The van der Waals surface area contributed by atoms with E-state index in [1.54, 1.807) is 5.56 Å². The minimum atomic E-state index is -0.344. The van der Waals surface area contributed by atoms with Crippen LogP contribution in [0.1, 0.15) is 48.0 Å². The molecule has 4 heteroatoms. The molecule has 0 bridgehead atoms. The van der Waals surface area contributed by atoms with E-state index in [0.717, 1.165) is 44.6 Å². The minimum Gasteiger partial charge on any atom is -0.388 e. The first-order chi connectivity index (χ1) is 14.1. The Balaban J connectivity index is 1.21. The Hall–Kier alpha value is -2.04. The first-order valence-corrected chi connectivity index (χ1v) is 11.2. The van der Waals surface area contributed by atoms with E-state index in [-0.39, 0.29) is 6.10 Å². The molecular weight excluding hydrogens is 358 g/mol. The van der Waals surface area contributed by atoms with Crippen LogP contribution in [0.4, 0.5) is 11.4 Å². The van der Waals surface area contributed by atoms with Gasteiger partial charge in [-0.1, -0.05) is 42.0 Å². The second kappa shape index (κ2) is 7.66.